The van der Waals surface area contributed by atoms with Crippen LogP contribution in [0.1, 0.15) is 27.2 Å². The van der Waals surface area contributed by atoms with Gasteiger partial charge in [0.1, 0.15) is 5.00 Å². The maximum Gasteiger partial charge on any atom is 0.341 e. The molecule has 140 valence electrons. The maximum absolute atomic E-state index is 12.3. The Labute approximate surface area is 161 Å². The van der Waals surface area contributed by atoms with Crippen LogP contribution >= 0.6 is 22.9 Å². The van der Waals surface area contributed by atoms with Gasteiger partial charge >= 0.3 is 5.97 Å². The SMILES string of the molecule is COC(=O)c1c(NC(=O)CCS(=O)(=O)c2ccc(Cl)cc2)sc(C)c1C. The zero-order valence-corrected chi connectivity index (χ0v) is 16.8. The maximum atomic E-state index is 12.3. The highest BCUT2D eigenvalue weighted by Gasteiger charge is 2.22. The number of ether oxygens (including phenoxy) is 1. The van der Waals surface area contributed by atoms with Crippen LogP contribution in [0.2, 0.25) is 5.02 Å². The lowest BCUT2D eigenvalue weighted by Gasteiger charge is -2.07. The number of anilines is 1. The molecule has 0 aliphatic rings. The van der Waals surface area contributed by atoms with Gasteiger partial charge in [0.05, 0.1) is 23.3 Å². The van der Waals surface area contributed by atoms with E-state index in [4.69, 9.17) is 16.3 Å². The summed E-state index contributed by atoms with van der Waals surface area (Å²) in [7, 11) is -2.34. The number of sulfone groups is 1. The van der Waals surface area contributed by atoms with E-state index in [1.807, 2.05) is 6.92 Å². The van der Waals surface area contributed by atoms with E-state index in [0.29, 0.717) is 15.6 Å². The normalized spacial score (nSPS) is 11.2. The van der Waals surface area contributed by atoms with Crippen molar-refractivity contribution in [3.63, 3.8) is 0 Å². The fourth-order valence-electron chi connectivity index (χ4n) is 2.24. The van der Waals surface area contributed by atoms with Gasteiger partial charge in [-0.1, -0.05) is 11.6 Å². The summed E-state index contributed by atoms with van der Waals surface area (Å²) in [6.07, 6.45) is -0.235. The second-order valence-electron chi connectivity index (χ2n) is 5.55. The molecule has 1 aromatic carbocycles. The van der Waals surface area contributed by atoms with E-state index in [1.165, 1.54) is 42.7 Å². The van der Waals surface area contributed by atoms with Crippen molar-refractivity contribution in [3.05, 3.63) is 45.3 Å². The smallest absolute Gasteiger partial charge is 0.341 e. The number of methoxy groups -OCH3 is 1. The van der Waals surface area contributed by atoms with E-state index >= 15 is 0 Å². The minimum Gasteiger partial charge on any atom is -0.465 e. The van der Waals surface area contributed by atoms with Gasteiger partial charge in [-0.2, -0.15) is 0 Å². The van der Waals surface area contributed by atoms with Gasteiger partial charge < -0.3 is 10.1 Å². The highest BCUT2D eigenvalue weighted by Crippen LogP contribution is 2.33. The number of carbonyl (C=O) groups is 2. The first-order valence-electron chi connectivity index (χ1n) is 7.62. The first-order chi connectivity index (χ1) is 12.2. The zero-order valence-electron chi connectivity index (χ0n) is 14.5. The number of esters is 1. The van der Waals surface area contributed by atoms with Crippen molar-refractivity contribution in [1.29, 1.82) is 0 Å². The van der Waals surface area contributed by atoms with Crippen molar-refractivity contribution in [1.82, 2.24) is 0 Å². The Hall–Kier alpha value is -1.90. The van der Waals surface area contributed by atoms with Crippen molar-refractivity contribution in [2.45, 2.75) is 25.2 Å². The van der Waals surface area contributed by atoms with Crippen molar-refractivity contribution in [2.24, 2.45) is 0 Å². The van der Waals surface area contributed by atoms with Crippen molar-refractivity contribution >= 4 is 49.7 Å². The molecular formula is C17H18ClNO5S2. The van der Waals surface area contributed by atoms with Gasteiger partial charge in [0.15, 0.2) is 9.84 Å². The fraction of sp³-hybridized carbons (Fsp3) is 0.294. The summed E-state index contributed by atoms with van der Waals surface area (Å²) in [4.78, 5) is 25.1. The van der Waals surface area contributed by atoms with Gasteiger partial charge in [0.25, 0.3) is 0 Å². The number of halogens is 1. The number of rotatable bonds is 6. The second-order valence-corrected chi connectivity index (χ2v) is 9.32. The Morgan fingerprint density at radius 2 is 1.81 bits per heavy atom. The van der Waals surface area contributed by atoms with E-state index in [2.05, 4.69) is 5.32 Å². The lowest BCUT2D eigenvalue weighted by atomic mass is 10.1. The molecule has 0 spiro atoms. The molecule has 1 N–H and O–H groups in total. The number of thiophene rings is 1. The molecular weight excluding hydrogens is 398 g/mol. The summed E-state index contributed by atoms with van der Waals surface area (Å²) < 4.78 is 29.3. The molecule has 1 aromatic heterocycles. The average molecular weight is 416 g/mol. The Balaban J connectivity index is 2.09. The molecule has 2 rings (SSSR count). The number of benzene rings is 1. The molecule has 0 aliphatic carbocycles. The van der Waals surface area contributed by atoms with Crippen molar-refractivity contribution < 1.29 is 22.7 Å². The molecule has 0 aliphatic heterocycles. The monoisotopic (exact) mass is 415 g/mol. The first-order valence-corrected chi connectivity index (χ1v) is 10.5. The minimum absolute atomic E-state index is 0.104. The largest absolute Gasteiger partial charge is 0.465 e. The number of hydrogen-bond acceptors (Lipinski definition) is 6. The minimum atomic E-state index is -3.61. The number of amides is 1. The summed E-state index contributed by atoms with van der Waals surface area (Å²) in [5.74, 6) is -1.39. The van der Waals surface area contributed by atoms with Gasteiger partial charge in [0.2, 0.25) is 5.91 Å². The molecule has 0 bridgehead atoms. The lowest BCUT2D eigenvalue weighted by Crippen LogP contribution is -2.18. The lowest BCUT2D eigenvalue weighted by molar-refractivity contribution is -0.115. The van der Waals surface area contributed by atoms with E-state index in [0.717, 1.165) is 10.4 Å². The van der Waals surface area contributed by atoms with Gasteiger partial charge in [0, 0.05) is 16.3 Å². The van der Waals surface area contributed by atoms with Crippen LogP contribution < -0.4 is 5.32 Å². The predicted molar refractivity (Wildman–Crippen MR) is 102 cm³/mol. The number of carbonyl (C=O) groups excluding carboxylic acids is 2. The quantitative estimate of drug-likeness (QED) is 0.728. The number of nitrogens with one attached hydrogen (secondary N) is 1. The molecule has 0 saturated heterocycles. The van der Waals surface area contributed by atoms with E-state index in [-0.39, 0.29) is 17.1 Å². The van der Waals surface area contributed by atoms with Crippen LogP contribution in [0.25, 0.3) is 0 Å². The Bertz CT molecular complexity index is 933. The second kappa shape index (κ2) is 8.20. The standard InChI is InChI=1S/C17H18ClNO5S2/c1-10-11(2)25-16(15(10)17(21)24-3)19-14(20)8-9-26(22,23)13-6-4-12(18)5-7-13/h4-7H,8-9H2,1-3H3,(H,19,20). The summed E-state index contributed by atoms with van der Waals surface area (Å²) in [5.41, 5.74) is 1.02. The van der Waals surface area contributed by atoms with E-state index in [9.17, 15) is 18.0 Å². The van der Waals surface area contributed by atoms with Crippen molar-refractivity contribution in [2.75, 3.05) is 18.2 Å². The predicted octanol–water partition coefficient (Wildman–Crippen LogP) is 3.61. The molecule has 9 heteroatoms. The molecule has 1 heterocycles. The van der Waals surface area contributed by atoms with Gasteiger partial charge in [-0.15, -0.1) is 11.3 Å². The topological polar surface area (TPSA) is 89.5 Å². The Kier molecular flexibility index (Phi) is 6.44. The van der Waals surface area contributed by atoms with Crippen molar-refractivity contribution in [3.8, 4) is 0 Å². The van der Waals surface area contributed by atoms with E-state index in [1.54, 1.807) is 6.92 Å². The van der Waals surface area contributed by atoms with Crippen LogP contribution in [0.5, 0.6) is 0 Å². The average Bonchev–Trinajstić information content (AvgIpc) is 2.87. The molecule has 0 fully saturated rings. The molecule has 6 nitrogen and oxygen atoms in total. The fourth-order valence-corrected chi connectivity index (χ4v) is 4.67. The third-order valence-electron chi connectivity index (χ3n) is 3.80. The van der Waals surface area contributed by atoms with Gasteiger partial charge in [-0.3, -0.25) is 4.79 Å². The highest BCUT2D eigenvalue weighted by atomic mass is 35.5. The first kappa shape index (κ1) is 20.4. The molecule has 2 aromatic rings. The van der Waals surface area contributed by atoms with Gasteiger partial charge in [-0.05, 0) is 43.7 Å². The Morgan fingerprint density at radius 1 is 1.19 bits per heavy atom. The summed E-state index contributed by atoms with van der Waals surface area (Å²) in [6, 6.07) is 5.76. The summed E-state index contributed by atoms with van der Waals surface area (Å²) in [5, 5.41) is 3.41. The third-order valence-corrected chi connectivity index (χ3v) is 6.91. The number of hydrogen-bond donors (Lipinski definition) is 1. The zero-order chi connectivity index (χ0) is 19.5. The van der Waals surface area contributed by atoms with Crippen LogP contribution in [-0.4, -0.2) is 33.2 Å². The summed E-state index contributed by atoms with van der Waals surface area (Å²) >= 11 is 7.00. The molecule has 0 atom stereocenters. The summed E-state index contributed by atoms with van der Waals surface area (Å²) in [6.45, 7) is 3.59. The van der Waals surface area contributed by atoms with Gasteiger partial charge in [-0.25, -0.2) is 13.2 Å². The van der Waals surface area contributed by atoms with Crippen LogP contribution in [0.15, 0.2) is 29.2 Å². The number of aryl methyl sites for hydroxylation is 1. The van der Waals surface area contributed by atoms with Crippen LogP contribution in [0.4, 0.5) is 5.00 Å². The molecule has 1 amide bonds. The highest BCUT2D eigenvalue weighted by molar-refractivity contribution is 7.91. The Morgan fingerprint density at radius 3 is 2.38 bits per heavy atom. The molecule has 0 unspecified atom stereocenters. The molecule has 0 saturated carbocycles. The van der Waals surface area contributed by atoms with Crippen LogP contribution in [0, 0.1) is 13.8 Å². The van der Waals surface area contributed by atoms with E-state index < -0.39 is 21.7 Å². The van der Waals surface area contributed by atoms with Crippen LogP contribution in [0.3, 0.4) is 0 Å². The van der Waals surface area contributed by atoms with Crippen LogP contribution in [-0.2, 0) is 19.4 Å². The molecule has 26 heavy (non-hydrogen) atoms. The molecule has 0 radical (unpaired) electrons. The third kappa shape index (κ3) is 4.63.